The molecule has 2 unspecified atom stereocenters. The van der Waals surface area contributed by atoms with Gasteiger partial charge in [0.25, 0.3) is 0 Å². The second kappa shape index (κ2) is 10.6. The number of halogens is 1. The topological polar surface area (TPSA) is 47.1 Å². The number of benzene rings is 3. The van der Waals surface area contributed by atoms with Crippen LogP contribution in [0.3, 0.4) is 0 Å². The van der Waals surface area contributed by atoms with Crippen molar-refractivity contribution in [1.82, 2.24) is 14.7 Å². The molecule has 2 fully saturated rings. The van der Waals surface area contributed by atoms with Crippen LogP contribution < -0.4 is 4.90 Å². The lowest BCUT2D eigenvalue weighted by molar-refractivity contribution is 0.0816. The Morgan fingerprint density at radius 3 is 1.83 bits per heavy atom. The van der Waals surface area contributed by atoms with Crippen LogP contribution in [0.25, 0.3) is 0 Å². The van der Waals surface area contributed by atoms with E-state index in [1.54, 1.807) is 4.90 Å². The Balaban J connectivity index is 1.33. The van der Waals surface area contributed by atoms with Crippen molar-refractivity contribution >= 4 is 35.0 Å². The molecule has 36 heavy (non-hydrogen) atoms. The molecule has 2 bridgehead atoms. The first-order valence-electron chi connectivity index (χ1n) is 12.6. The number of amides is 4. The number of likely N-dealkylation sites (tertiary alicyclic amines) is 1. The van der Waals surface area contributed by atoms with Gasteiger partial charge in [-0.25, -0.2) is 9.59 Å². The number of carbonyl (C=O) groups excluding carboxylic acids is 2. The molecule has 2 atom stereocenters. The molecule has 0 aromatic heterocycles. The molecule has 186 valence electrons. The molecule has 2 aliphatic rings. The van der Waals surface area contributed by atoms with Gasteiger partial charge in [0, 0.05) is 31.2 Å². The van der Waals surface area contributed by atoms with Crippen LogP contribution in [0.4, 0.5) is 21.0 Å². The minimum Gasteiger partial charge on any atom is -0.321 e. The molecule has 0 N–H and O–H groups in total. The number of urea groups is 2. The van der Waals surface area contributed by atoms with Crippen molar-refractivity contribution in [3.8, 4) is 0 Å². The van der Waals surface area contributed by atoms with Gasteiger partial charge in [-0.05, 0) is 61.7 Å². The van der Waals surface area contributed by atoms with Crippen LogP contribution in [0.2, 0.25) is 5.02 Å². The highest BCUT2D eigenvalue weighted by Gasteiger charge is 2.45. The Morgan fingerprint density at radius 1 is 0.806 bits per heavy atom. The van der Waals surface area contributed by atoms with Gasteiger partial charge in [-0.15, -0.1) is 0 Å². The smallest absolute Gasteiger partial charge is 0.321 e. The third kappa shape index (κ3) is 4.91. The number of rotatable bonds is 5. The maximum Gasteiger partial charge on any atom is 0.329 e. The minimum atomic E-state index is -0.0510. The number of fused-ring (bicyclic) bond motifs is 2. The first kappa shape index (κ1) is 24.2. The number of carbonyl (C=O) groups is 2. The molecule has 3 aromatic rings. The zero-order chi connectivity index (χ0) is 25.1. The van der Waals surface area contributed by atoms with Crippen molar-refractivity contribution in [2.24, 2.45) is 0 Å². The van der Waals surface area contributed by atoms with E-state index in [-0.39, 0.29) is 24.1 Å². The summed E-state index contributed by atoms with van der Waals surface area (Å²) in [5.74, 6) is 0. The highest BCUT2D eigenvalue weighted by Crippen LogP contribution is 2.34. The molecule has 7 heteroatoms. The Hall–Kier alpha value is -3.51. The SMILES string of the molecule is CCN(Cc1ccc(Cl)cc1)C(=O)N1C2CCC1CN(C(=O)N(c1ccccc1)c1ccccc1)C2. The number of anilines is 2. The third-order valence-corrected chi connectivity index (χ3v) is 7.38. The quantitative estimate of drug-likeness (QED) is 0.406. The predicted octanol–water partition coefficient (Wildman–Crippen LogP) is 6.39. The Bertz CT molecular complexity index is 1140. The van der Waals surface area contributed by atoms with Crippen LogP contribution in [-0.2, 0) is 6.54 Å². The summed E-state index contributed by atoms with van der Waals surface area (Å²) in [6, 6.07) is 27.2. The second-order valence-electron chi connectivity index (χ2n) is 9.41. The van der Waals surface area contributed by atoms with E-state index in [1.807, 2.05) is 107 Å². The van der Waals surface area contributed by atoms with Crippen LogP contribution in [0.1, 0.15) is 25.3 Å². The average Bonchev–Trinajstić information content (AvgIpc) is 3.18. The third-order valence-electron chi connectivity index (χ3n) is 7.13. The van der Waals surface area contributed by atoms with Gasteiger partial charge in [-0.2, -0.15) is 0 Å². The highest BCUT2D eigenvalue weighted by molar-refractivity contribution is 6.30. The lowest BCUT2D eigenvalue weighted by Crippen LogP contribution is -2.61. The van der Waals surface area contributed by atoms with E-state index < -0.39 is 0 Å². The zero-order valence-corrected chi connectivity index (χ0v) is 21.2. The van der Waals surface area contributed by atoms with Crippen LogP contribution >= 0.6 is 11.6 Å². The molecule has 6 nitrogen and oxygen atoms in total. The molecule has 4 amide bonds. The van der Waals surface area contributed by atoms with Crippen LogP contribution in [0.5, 0.6) is 0 Å². The number of para-hydroxylation sites is 2. The first-order chi connectivity index (χ1) is 17.5. The van der Waals surface area contributed by atoms with E-state index in [0.717, 1.165) is 29.8 Å². The fraction of sp³-hybridized carbons (Fsp3) is 0.310. The standard InChI is InChI=1S/C29H31ClN4O2/c1-2-31(19-22-13-15-23(30)16-14-22)28(35)34-26-17-18-27(34)21-32(20-26)29(36)33(24-9-5-3-6-10-24)25-11-7-4-8-12-25/h3-16,26-27H,2,17-21H2,1H3. The number of hydrogen-bond acceptors (Lipinski definition) is 2. The lowest BCUT2D eigenvalue weighted by atomic mass is 10.1. The van der Waals surface area contributed by atoms with E-state index in [9.17, 15) is 9.59 Å². The Morgan fingerprint density at radius 2 is 1.33 bits per heavy atom. The Labute approximate surface area is 217 Å². The van der Waals surface area contributed by atoms with Gasteiger partial charge in [0.1, 0.15) is 0 Å². The number of piperazine rings is 1. The van der Waals surface area contributed by atoms with Gasteiger partial charge in [-0.3, -0.25) is 4.90 Å². The van der Waals surface area contributed by atoms with Crippen molar-refractivity contribution in [2.45, 2.75) is 38.4 Å². The summed E-state index contributed by atoms with van der Waals surface area (Å²) in [5.41, 5.74) is 2.72. The van der Waals surface area contributed by atoms with Crippen molar-refractivity contribution in [3.05, 3.63) is 95.5 Å². The lowest BCUT2D eigenvalue weighted by Gasteiger charge is -2.44. The summed E-state index contributed by atoms with van der Waals surface area (Å²) < 4.78 is 0. The molecule has 0 aliphatic carbocycles. The van der Waals surface area contributed by atoms with Gasteiger partial charge in [0.05, 0.1) is 23.5 Å². The molecular formula is C29H31ClN4O2. The van der Waals surface area contributed by atoms with Crippen molar-refractivity contribution < 1.29 is 9.59 Å². The van der Waals surface area contributed by atoms with Crippen molar-refractivity contribution in [2.75, 3.05) is 24.5 Å². The van der Waals surface area contributed by atoms with Crippen LogP contribution in [-0.4, -0.2) is 58.5 Å². The van der Waals surface area contributed by atoms with Gasteiger partial charge >= 0.3 is 12.1 Å². The molecule has 2 saturated heterocycles. The first-order valence-corrected chi connectivity index (χ1v) is 12.9. The molecule has 0 saturated carbocycles. The van der Waals surface area contributed by atoms with Crippen LogP contribution in [0, 0.1) is 0 Å². The second-order valence-corrected chi connectivity index (χ2v) is 9.85. The van der Waals surface area contributed by atoms with Gasteiger partial charge in [0.2, 0.25) is 0 Å². The maximum absolute atomic E-state index is 13.9. The fourth-order valence-electron chi connectivity index (χ4n) is 5.33. The molecule has 3 aromatic carbocycles. The molecule has 2 heterocycles. The van der Waals surface area contributed by atoms with Gasteiger partial charge in [0.15, 0.2) is 0 Å². The molecular weight excluding hydrogens is 472 g/mol. The number of hydrogen-bond donors (Lipinski definition) is 0. The Kier molecular flexibility index (Phi) is 7.14. The molecule has 0 radical (unpaired) electrons. The van der Waals surface area contributed by atoms with E-state index in [4.69, 9.17) is 11.6 Å². The summed E-state index contributed by atoms with van der Waals surface area (Å²) >= 11 is 6.03. The van der Waals surface area contributed by atoms with Gasteiger partial charge < -0.3 is 14.7 Å². The summed E-state index contributed by atoms with van der Waals surface area (Å²) in [4.78, 5) is 35.1. The normalized spacial score (nSPS) is 18.7. The average molecular weight is 503 g/mol. The predicted molar refractivity (Wildman–Crippen MR) is 144 cm³/mol. The van der Waals surface area contributed by atoms with Crippen molar-refractivity contribution in [3.63, 3.8) is 0 Å². The van der Waals surface area contributed by atoms with Crippen LogP contribution in [0.15, 0.2) is 84.9 Å². The van der Waals surface area contributed by atoms with E-state index in [0.29, 0.717) is 31.2 Å². The maximum atomic E-state index is 13.9. The summed E-state index contributed by atoms with van der Waals surface area (Å²) in [6.45, 7) is 4.25. The zero-order valence-electron chi connectivity index (χ0n) is 20.5. The largest absolute Gasteiger partial charge is 0.329 e. The van der Waals surface area contributed by atoms with E-state index in [2.05, 4.69) is 0 Å². The van der Waals surface area contributed by atoms with E-state index in [1.165, 1.54) is 0 Å². The van der Waals surface area contributed by atoms with Gasteiger partial charge in [-0.1, -0.05) is 60.1 Å². The summed E-state index contributed by atoms with van der Waals surface area (Å²) in [6.07, 6.45) is 1.82. The van der Waals surface area contributed by atoms with Crippen molar-refractivity contribution in [1.29, 1.82) is 0 Å². The molecule has 5 rings (SSSR count). The van der Waals surface area contributed by atoms with E-state index >= 15 is 0 Å². The monoisotopic (exact) mass is 502 g/mol. The summed E-state index contributed by atoms with van der Waals surface area (Å²) in [7, 11) is 0. The molecule has 0 spiro atoms. The number of nitrogens with zero attached hydrogens (tertiary/aromatic N) is 4. The highest BCUT2D eigenvalue weighted by atomic mass is 35.5. The summed E-state index contributed by atoms with van der Waals surface area (Å²) in [5, 5.41) is 0.687. The minimum absolute atomic E-state index is 0.0212. The fourth-order valence-corrected chi connectivity index (χ4v) is 5.45. The molecule has 2 aliphatic heterocycles.